The smallest absolute Gasteiger partial charge is 0.147 e. The van der Waals surface area contributed by atoms with E-state index in [-0.39, 0.29) is 0 Å². The van der Waals surface area contributed by atoms with E-state index in [4.69, 9.17) is 0 Å². The Bertz CT molecular complexity index is 372. The molecule has 0 atom stereocenters. The van der Waals surface area contributed by atoms with Crippen LogP contribution < -0.4 is 10.2 Å². The lowest BCUT2D eigenvalue weighted by atomic mass is 9.98. The molecule has 4 nitrogen and oxygen atoms in total. The number of anilines is 1. The summed E-state index contributed by atoms with van der Waals surface area (Å²) in [6.07, 6.45) is 4.41. The zero-order valence-electron chi connectivity index (χ0n) is 11.0. The minimum atomic E-state index is 0.782. The van der Waals surface area contributed by atoms with Crippen LogP contribution in [0, 0.1) is 19.8 Å². The highest BCUT2D eigenvalue weighted by Gasteiger charge is 2.16. The fourth-order valence-corrected chi connectivity index (χ4v) is 2.26. The Morgan fingerprint density at radius 1 is 1.29 bits per heavy atom. The van der Waals surface area contributed by atoms with Gasteiger partial charge in [0.15, 0.2) is 0 Å². The number of nitrogens with one attached hydrogen (secondary N) is 1. The summed E-state index contributed by atoms with van der Waals surface area (Å²) in [5, 5.41) is 3.40. The normalized spacial score (nSPS) is 17.1. The van der Waals surface area contributed by atoms with Gasteiger partial charge in [-0.15, -0.1) is 0 Å². The Balaban J connectivity index is 1.98. The number of aryl methyl sites for hydroxylation is 2. The van der Waals surface area contributed by atoms with Crippen LogP contribution in [0.2, 0.25) is 0 Å². The van der Waals surface area contributed by atoms with Crippen molar-refractivity contribution in [1.29, 1.82) is 0 Å². The highest BCUT2D eigenvalue weighted by Crippen LogP contribution is 2.17. The van der Waals surface area contributed by atoms with Crippen molar-refractivity contribution >= 4 is 5.82 Å². The van der Waals surface area contributed by atoms with Crippen LogP contribution >= 0.6 is 0 Å². The third kappa shape index (κ3) is 3.16. The molecule has 0 saturated carbocycles. The number of hydrogen-bond donors (Lipinski definition) is 1. The van der Waals surface area contributed by atoms with Gasteiger partial charge >= 0.3 is 0 Å². The summed E-state index contributed by atoms with van der Waals surface area (Å²) >= 11 is 0. The van der Waals surface area contributed by atoms with Crippen LogP contribution in [0.25, 0.3) is 0 Å². The fourth-order valence-electron chi connectivity index (χ4n) is 2.26. The Morgan fingerprint density at radius 3 is 2.65 bits per heavy atom. The number of rotatable bonds is 3. The molecule has 1 aromatic rings. The van der Waals surface area contributed by atoms with Crippen molar-refractivity contribution in [3.63, 3.8) is 0 Å². The number of nitrogens with zero attached hydrogens (tertiary/aromatic N) is 3. The number of aromatic nitrogens is 2. The standard InChI is InChI=1S/C13H22N4/c1-10-11(2)16-13(8-15-10)17(3)9-12-4-6-14-7-5-12/h8,12,14H,4-7,9H2,1-3H3. The SMILES string of the molecule is Cc1ncc(N(C)CC2CCNCC2)nc1C. The fraction of sp³-hybridized carbons (Fsp3) is 0.692. The third-order valence-electron chi connectivity index (χ3n) is 3.56. The highest BCUT2D eigenvalue weighted by molar-refractivity contribution is 5.36. The molecule has 0 amide bonds. The molecule has 0 spiro atoms. The van der Waals surface area contributed by atoms with E-state index in [1.54, 1.807) is 0 Å². The highest BCUT2D eigenvalue weighted by atomic mass is 15.2. The molecule has 2 rings (SSSR count). The monoisotopic (exact) mass is 234 g/mol. The van der Waals surface area contributed by atoms with Crippen molar-refractivity contribution in [2.75, 3.05) is 31.6 Å². The second-order valence-electron chi connectivity index (χ2n) is 4.97. The predicted molar refractivity (Wildman–Crippen MR) is 70.4 cm³/mol. The van der Waals surface area contributed by atoms with Crippen LogP contribution in [0.1, 0.15) is 24.2 Å². The summed E-state index contributed by atoms with van der Waals surface area (Å²) in [5.41, 5.74) is 2.05. The zero-order chi connectivity index (χ0) is 12.3. The predicted octanol–water partition coefficient (Wildman–Crippen LogP) is 1.53. The molecule has 0 aromatic carbocycles. The van der Waals surface area contributed by atoms with Crippen LogP contribution in [-0.4, -0.2) is 36.6 Å². The molecule has 1 aromatic heterocycles. The Morgan fingerprint density at radius 2 is 2.00 bits per heavy atom. The Hall–Kier alpha value is -1.16. The van der Waals surface area contributed by atoms with Crippen molar-refractivity contribution in [3.05, 3.63) is 17.6 Å². The lowest BCUT2D eigenvalue weighted by molar-refractivity contribution is 0.377. The largest absolute Gasteiger partial charge is 0.358 e. The lowest BCUT2D eigenvalue weighted by Crippen LogP contribution is -2.34. The van der Waals surface area contributed by atoms with Crippen molar-refractivity contribution < 1.29 is 0 Å². The maximum Gasteiger partial charge on any atom is 0.147 e. The number of piperidine rings is 1. The van der Waals surface area contributed by atoms with Gasteiger partial charge in [-0.1, -0.05) is 0 Å². The van der Waals surface area contributed by atoms with E-state index in [0.29, 0.717) is 0 Å². The van der Waals surface area contributed by atoms with E-state index in [0.717, 1.165) is 42.8 Å². The molecular weight excluding hydrogens is 212 g/mol. The van der Waals surface area contributed by atoms with Gasteiger partial charge in [0.2, 0.25) is 0 Å². The molecule has 2 heterocycles. The van der Waals surface area contributed by atoms with Crippen molar-refractivity contribution in [2.45, 2.75) is 26.7 Å². The van der Waals surface area contributed by atoms with Crippen LogP contribution in [0.5, 0.6) is 0 Å². The van der Waals surface area contributed by atoms with E-state index in [1.807, 2.05) is 20.0 Å². The first-order valence-corrected chi connectivity index (χ1v) is 6.39. The van der Waals surface area contributed by atoms with Gasteiger partial charge in [-0.2, -0.15) is 0 Å². The van der Waals surface area contributed by atoms with E-state index >= 15 is 0 Å². The first-order valence-electron chi connectivity index (χ1n) is 6.39. The molecule has 1 aliphatic heterocycles. The molecule has 1 aliphatic rings. The van der Waals surface area contributed by atoms with Gasteiger partial charge in [0.05, 0.1) is 17.6 Å². The van der Waals surface area contributed by atoms with E-state index in [1.165, 1.54) is 12.8 Å². The third-order valence-corrected chi connectivity index (χ3v) is 3.56. The lowest BCUT2D eigenvalue weighted by Gasteiger charge is -2.28. The molecule has 0 bridgehead atoms. The second kappa shape index (κ2) is 5.45. The van der Waals surface area contributed by atoms with Crippen molar-refractivity contribution in [1.82, 2.24) is 15.3 Å². The molecule has 0 aliphatic carbocycles. The number of hydrogen-bond acceptors (Lipinski definition) is 4. The maximum absolute atomic E-state index is 4.59. The summed E-state index contributed by atoms with van der Waals surface area (Å²) in [6.45, 7) is 7.40. The summed E-state index contributed by atoms with van der Waals surface area (Å²) < 4.78 is 0. The average molecular weight is 234 g/mol. The van der Waals surface area contributed by atoms with Crippen molar-refractivity contribution in [3.8, 4) is 0 Å². The van der Waals surface area contributed by atoms with E-state index < -0.39 is 0 Å². The molecule has 1 fully saturated rings. The van der Waals surface area contributed by atoms with E-state index in [2.05, 4.69) is 27.2 Å². The molecular formula is C13H22N4. The molecule has 1 saturated heterocycles. The van der Waals surface area contributed by atoms with Gasteiger partial charge in [-0.3, -0.25) is 4.98 Å². The molecule has 0 unspecified atom stereocenters. The molecule has 1 N–H and O–H groups in total. The molecule has 0 radical (unpaired) electrons. The Kier molecular flexibility index (Phi) is 3.94. The summed E-state index contributed by atoms with van der Waals surface area (Å²) in [6, 6.07) is 0. The minimum absolute atomic E-state index is 0.782. The van der Waals surface area contributed by atoms with Gasteiger partial charge in [0, 0.05) is 13.6 Å². The summed E-state index contributed by atoms with van der Waals surface area (Å²) in [5.74, 6) is 1.77. The van der Waals surface area contributed by atoms with Gasteiger partial charge in [-0.25, -0.2) is 4.98 Å². The van der Waals surface area contributed by atoms with Crippen molar-refractivity contribution in [2.24, 2.45) is 5.92 Å². The zero-order valence-corrected chi connectivity index (χ0v) is 11.0. The van der Waals surface area contributed by atoms with Crippen LogP contribution in [0.3, 0.4) is 0 Å². The van der Waals surface area contributed by atoms with Gasteiger partial charge in [0.25, 0.3) is 0 Å². The van der Waals surface area contributed by atoms with E-state index in [9.17, 15) is 0 Å². The topological polar surface area (TPSA) is 41.1 Å². The summed E-state index contributed by atoms with van der Waals surface area (Å²) in [7, 11) is 2.11. The van der Waals surface area contributed by atoms with Gasteiger partial charge < -0.3 is 10.2 Å². The first-order chi connectivity index (χ1) is 8.16. The minimum Gasteiger partial charge on any atom is -0.358 e. The quantitative estimate of drug-likeness (QED) is 0.861. The van der Waals surface area contributed by atoms with Crippen LogP contribution in [0.15, 0.2) is 6.20 Å². The summed E-state index contributed by atoms with van der Waals surface area (Å²) in [4.78, 5) is 11.2. The maximum atomic E-state index is 4.59. The molecule has 94 valence electrons. The molecule has 4 heteroatoms. The Labute approximate surface area is 103 Å². The average Bonchev–Trinajstić information content (AvgIpc) is 2.34. The second-order valence-corrected chi connectivity index (χ2v) is 4.97. The van der Waals surface area contributed by atoms with Crippen LogP contribution in [0.4, 0.5) is 5.82 Å². The van der Waals surface area contributed by atoms with Gasteiger partial charge in [0.1, 0.15) is 5.82 Å². The molecule has 17 heavy (non-hydrogen) atoms. The van der Waals surface area contributed by atoms with Gasteiger partial charge in [-0.05, 0) is 45.7 Å². The van der Waals surface area contributed by atoms with Crippen LogP contribution in [-0.2, 0) is 0 Å². The first kappa shape index (κ1) is 12.3.